The number of aromatic nitrogens is 1. The molecule has 1 aromatic heterocycles. The van der Waals surface area contributed by atoms with Gasteiger partial charge in [-0.3, -0.25) is 14.4 Å². The lowest BCUT2D eigenvalue weighted by molar-refractivity contribution is -0.134. The maximum Gasteiger partial charge on any atom is 0.250 e. The lowest BCUT2D eigenvalue weighted by Gasteiger charge is -2.30. The number of nitrogens with one attached hydrogen (secondary N) is 1. The standard InChI is InChI=1S/C25H27N3O3/c1-19(22-11-8-12-23(17-22)26-20(2)29)28(18-21-9-4-3-5-10-21)25(31)14-16-27-15-7-6-13-24(27)30/h3-13,15,17,19H,14,16,18H2,1-2H3,(H,26,29). The highest BCUT2D eigenvalue weighted by atomic mass is 16.2. The predicted molar refractivity (Wildman–Crippen MR) is 121 cm³/mol. The smallest absolute Gasteiger partial charge is 0.250 e. The highest BCUT2D eigenvalue weighted by molar-refractivity contribution is 5.88. The number of benzene rings is 2. The van der Waals surface area contributed by atoms with E-state index in [4.69, 9.17) is 0 Å². The van der Waals surface area contributed by atoms with Crippen molar-refractivity contribution in [3.05, 3.63) is 100 Å². The Morgan fingerprint density at radius 2 is 1.74 bits per heavy atom. The number of hydrogen-bond acceptors (Lipinski definition) is 3. The van der Waals surface area contributed by atoms with E-state index < -0.39 is 0 Å². The molecule has 0 aliphatic heterocycles. The van der Waals surface area contributed by atoms with Gasteiger partial charge in [0.2, 0.25) is 11.8 Å². The van der Waals surface area contributed by atoms with Gasteiger partial charge in [0.15, 0.2) is 0 Å². The summed E-state index contributed by atoms with van der Waals surface area (Å²) in [6.45, 7) is 4.21. The minimum Gasteiger partial charge on any atom is -0.332 e. The molecule has 0 radical (unpaired) electrons. The van der Waals surface area contributed by atoms with Crippen LogP contribution in [0, 0.1) is 0 Å². The molecule has 2 amide bonds. The quantitative estimate of drug-likeness (QED) is 0.602. The molecule has 31 heavy (non-hydrogen) atoms. The van der Waals surface area contributed by atoms with Gasteiger partial charge in [0.1, 0.15) is 0 Å². The average Bonchev–Trinajstić information content (AvgIpc) is 2.77. The molecule has 6 nitrogen and oxygen atoms in total. The van der Waals surface area contributed by atoms with Gasteiger partial charge >= 0.3 is 0 Å². The first-order chi connectivity index (χ1) is 14.9. The third-order valence-electron chi connectivity index (χ3n) is 5.14. The van der Waals surface area contributed by atoms with Gasteiger partial charge in [-0.05, 0) is 36.2 Å². The van der Waals surface area contributed by atoms with E-state index in [1.54, 1.807) is 22.9 Å². The summed E-state index contributed by atoms with van der Waals surface area (Å²) in [6, 6.07) is 22.1. The second-order valence-electron chi connectivity index (χ2n) is 7.47. The van der Waals surface area contributed by atoms with Crippen LogP contribution in [0.5, 0.6) is 0 Å². The van der Waals surface area contributed by atoms with Crippen molar-refractivity contribution < 1.29 is 9.59 Å². The predicted octanol–water partition coefficient (Wildman–Crippen LogP) is 3.99. The Kier molecular flexibility index (Phi) is 7.38. The van der Waals surface area contributed by atoms with Crippen LogP contribution < -0.4 is 10.9 Å². The Bertz CT molecular complexity index is 1090. The fourth-order valence-corrected chi connectivity index (χ4v) is 3.49. The maximum absolute atomic E-state index is 13.3. The van der Waals surface area contributed by atoms with E-state index in [1.165, 1.54) is 13.0 Å². The zero-order chi connectivity index (χ0) is 22.2. The van der Waals surface area contributed by atoms with Crippen molar-refractivity contribution in [2.45, 2.75) is 39.4 Å². The molecule has 0 saturated heterocycles. The summed E-state index contributed by atoms with van der Waals surface area (Å²) in [7, 11) is 0. The lowest BCUT2D eigenvalue weighted by atomic mass is 10.0. The number of hydrogen-bond donors (Lipinski definition) is 1. The molecular weight excluding hydrogens is 390 g/mol. The molecule has 160 valence electrons. The number of anilines is 1. The van der Waals surface area contributed by atoms with Crippen molar-refractivity contribution >= 4 is 17.5 Å². The van der Waals surface area contributed by atoms with Gasteiger partial charge in [-0.1, -0.05) is 48.5 Å². The highest BCUT2D eigenvalue weighted by Gasteiger charge is 2.22. The van der Waals surface area contributed by atoms with Crippen LogP contribution in [-0.4, -0.2) is 21.3 Å². The molecule has 0 bridgehead atoms. The summed E-state index contributed by atoms with van der Waals surface area (Å²) in [5.74, 6) is -0.188. The summed E-state index contributed by atoms with van der Waals surface area (Å²) < 4.78 is 1.54. The summed E-state index contributed by atoms with van der Waals surface area (Å²) in [4.78, 5) is 38.5. The van der Waals surface area contributed by atoms with Crippen molar-refractivity contribution in [2.75, 3.05) is 5.32 Å². The molecule has 1 N–H and O–H groups in total. The van der Waals surface area contributed by atoms with Crippen molar-refractivity contribution in [2.24, 2.45) is 0 Å². The summed E-state index contributed by atoms with van der Waals surface area (Å²) in [6.07, 6.45) is 1.91. The molecule has 2 aromatic carbocycles. The second kappa shape index (κ2) is 10.4. The lowest BCUT2D eigenvalue weighted by Crippen LogP contribution is -2.34. The highest BCUT2D eigenvalue weighted by Crippen LogP contribution is 2.25. The summed E-state index contributed by atoms with van der Waals surface area (Å²) in [5.41, 5.74) is 2.52. The van der Waals surface area contributed by atoms with Crippen LogP contribution >= 0.6 is 0 Å². The molecule has 1 atom stereocenters. The van der Waals surface area contributed by atoms with E-state index in [-0.39, 0.29) is 29.8 Å². The molecule has 0 aliphatic carbocycles. The molecule has 1 heterocycles. The molecule has 0 spiro atoms. The van der Waals surface area contributed by atoms with Crippen LogP contribution in [-0.2, 0) is 22.7 Å². The summed E-state index contributed by atoms with van der Waals surface area (Å²) >= 11 is 0. The Hall–Kier alpha value is -3.67. The SMILES string of the molecule is CC(=O)Nc1cccc(C(C)N(Cc2ccccc2)C(=O)CCn2ccccc2=O)c1. The van der Waals surface area contributed by atoms with E-state index in [0.29, 0.717) is 18.8 Å². The van der Waals surface area contributed by atoms with Crippen LogP contribution in [0.25, 0.3) is 0 Å². The van der Waals surface area contributed by atoms with Crippen molar-refractivity contribution in [3.8, 4) is 0 Å². The van der Waals surface area contributed by atoms with Crippen molar-refractivity contribution in [3.63, 3.8) is 0 Å². The largest absolute Gasteiger partial charge is 0.332 e. The fourth-order valence-electron chi connectivity index (χ4n) is 3.49. The van der Waals surface area contributed by atoms with E-state index >= 15 is 0 Å². The van der Waals surface area contributed by atoms with Gasteiger partial charge in [0, 0.05) is 44.4 Å². The third-order valence-corrected chi connectivity index (χ3v) is 5.14. The average molecular weight is 418 g/mol. The van der Waals surface area contributed by atoms with Crippen LogP contribution in [0.1, 0.15) is 37.4 Å². The number of rotatable bonds is 8. The Morgan fingerprint density at radius 1 is 1.00 bits per heavy atom. The van der Waals surface area contributed by atoms with Gasteiger partial charge in [0.25, 0.3) is 5.56 Å². The molecule has 3 aromatic rings. The van der Waals surface area contributed by atoms with E-state index in [1.807, 2.05) is 66.4 Å². The summed E-state index contributed by atoms with van der Waals surface area (Å²) in [5, 5.41) is 2.79. The van der Waals surface area contributed by atoms with Gasteiger partial charge in [-0.2, -0.15) is 0 Å². The van der Waals surface area contributed by atoms with Crippen LogP contribution in [0.2, 0.25) is 0 Å². The Morgan fingerprint density at radius 3 is 2.45 bits per heavy atom. The van der Waals surface area contributed by atoms with Crippen LogP contribution in [0.3, 0.4) is 0 Å². The normalized spacial score (nSPS) is 11.5. The number of aryl methyl sites for hydroxylation is 1. The fraction of sp³-hybridized carbons (Fsp3) is 0.240. The zero-order valence-corrected chi connectivity index (χ0v) is 17.8. The first kappa shape index (κ1) is 22.0. The van der Waals surface area contributed by atoms with Crippen molar-refractivity contribution in [1.29, 1.82) is 0 Å². The van der Waals surface area contributed by atoms with Crippen LogP contribution in [0.15, 0.2) is 83.8 Å². The molecule has 1 unspecified atom stereocenters. The molecular formula is C25H27N3O3. The molecule has 0 fully saturated rings. The maximum atomic E-state index is 13.3. The van der Waals surface area contributed by atoms with Crippen LogP contribution in [0.4, 0.5) is 5.69 Å². The number of nitrogens with zero attached hydrogens (tertiary/aromatic N) is 2. The number of carbonyl (C=O) groups excluding carboxylic acids is 2. The van der Waals surface area contributed by atoms with E-state index in [0.717, 1.165) is 11.1 Å². The second-order valence-corrected chi connectivity index (χ2v) is 7.47. The minimum atomic E-state index is -0.214. The third kappa shape index (κ3) is 6.15. The Balaban J connectivity index is 1.83. The van der Waals surface area contributed by atoms with Gasteiger partial charge in [0.05, 0.1) is 6.04 Å². The number of amides is 2. The molecule has 0 saturated carbocycles. The Labute approximate surface area is 182 Å². The van der Waals surface area contributed by atoms with Gasteiger partial charge in [-0.25, -0.2) is 0 Å². The topological polar surface area (TPSA) is 71.4 Å². The zero-order valence-electron chi connectivity index (χ0n) is 17.8. The van der Waals surface area contributed by atoms with E-state index in [2.05, 4.69) is 5.32 Å². The first-order valence-electron chi connectivity index (χ1n) is 10.3. The minimum absolute atomic E-state index is 0.0444. The first-order valence-corrected chi connectivity index (χ1v) is 10.3. The number of carbonyl (C=O) groups is 2. The number of pyridine rings is 1. The molecule has 3 rings (SSSR count). The van der Waals surface area contributed by atoms with E-state index in [9.17, 15) is 14.4 Å². The van der Waals surface area contributed by atoms with Gasteiger partial charge in [-0.15, -0.1) is 0 Å². The van der Waals surface area contributed by atoms with Crippen molar-refractivity contribution in [1.82, 2.24) is 9.47 Å². The van der Waals surface area contributed by atoms with Gasteiger partial charge < -0.3 is 14.8 Å². The molecule has 0 aliphatic rings. The molecule has 6 heteroatoms. The monoisotopic (exact) mass is 417 g/mol.